The number of amides is 2. The van der Waals surface area contributed by atoms with Crippen molar-refractivity contribution >= 4 is 38.8 Å². The number of hydrazone groups is 1. The second kappa shape index (κ2) is 9.00. The highest BCUT2D eigenvalue weighted by Crippen LogP contribution is 2.25. The Bertz CT molecular complexity index is 1370. The maximum absolute atomic E-state index is 13.0. The molecule has 0 saturated carbocycles. The third-order valence-electron chi connectivity index (χ3n) is 5.39. The van der Waals surface area contributed by atoms with Crippen molar-refractivity contribution in [2.24, 2.45) is 10.9 Å². The van der Waals surface area contributed by atoms with Crippen molar-refractivity contribution in [2.75, 3.05) is 7.11 Å². The van der Waals surface area contributed by atoms with E-state index in [0.717, 1.165) is 15.8 Å². The third kappa shape index (κ3) is 4.71. The first-order chi connectivity index (χ1) is 15.8. The lowest BCUT2D eigenvalue weighted by atomic mass is 10.1. The van der Waals surface area contributed by atoms with Crippen LogP contribution in [-0.2, 0) is 26.2 Å². The molecule has 0 spiro atoms. The number of likely N-dealkylation sites (tertiary alicyclic amines) is 1. The number of rotatable bonds is 7. The van der Waals surface area contributed by atoms with E-state index in [1.54, 1.807) is 42.5 Å². The van der Waals surface area contributed by atoms with E-state index >= 15 is 0 Å². The van der Waals surface area contributed by atoms with Gasteiger partial charge >= 0.3 is 0 Å². The first kappa shape index (κ1) is 22.4. The second-order valence-electron chi connectivity index (χ2n) is 7.59. The number of methoxy groups -OCH3 is 1. The summed E-state index contributed by atoms with van der Waals surface area (Å²) in [4.78, 5) is 26.4. The fourth-order valence-corrected chi connectivity index (χ4v) is 4.96. The van der Waals surface area contributed by atoms with Gasteiger partial charge in [0.15, 0.2) is 0 Å². The summed E-state index contributed by atoms with van der Waals surface area (Å²) in [5.41, 5.74) is 1.42. The van der Waals surface area contributed by atoms with Crippen molar-refractivity contribution in [1.29, 1.82) is 0 Å². The van der Waals surface area contributed by atoms with Crippen LogP contribution in [0.5, 0.6) is 5.75 Å². The summed E-state index contributed by atoms with van der Waals surface area (Å²) in [6, 6.07) is 15.8. The quantitative estimate of drug-likeness (QED) is 0.236. The molecule has 2 amide bonds. The van der Waals surface area contributed by atoms with Crippen molar-refractivity contribution < 1.29 is 22.7 Å². The van der Waals surface area contributed by atoms with Crippen LogP contribution < -0.4 is 15.3 Å². The molecule has 33 heavy (non-hydrogen) atoms. The van der Waals surface area contributed by atoms with Gasteiger partial charge in [-0.3, -0.25) is 14.5 Å². The molecule has 3 aromatic rings. The van der Waals surface area contributed by atoms with E-state index in [-0.39, 0.29) is 17.9 Å². The molecule has 1 aliphatic heterocycles. The van der Waals surface area contributed by atoms with E-state index in [1.165, 1.54) is 25.5 Å². The van der Waals surface area contributed by atoms with Crippen molar-refractivity contribution in [3.63, 3.8) is 0 Å². The monoisotopic (exact) mass is 466 g/mol. The van der Waals surface area contributed by atoms with Gasteiger partial charge in [-0.05, 0) is 52.2 Å². The number of benzene rings is 3. The lowest BCUT2D eigenvalue weighted by Gasteiger charge is -2.16. The Morgan fingerprint density at radius 3 is 2.67 bits per heavy atom. The summed E-state index contributed by atoms with van der Waals surface area (Å²) in [5.74, 6) is 4.72. The van der Waals surface area contributed by atoms with E-state index in [4.69, 9.17) is 10.6 Å². The molecule has 0 aliphatic carbocycles. The highest BCUT2D eigenvalue weighted by Gasteiger charge is 2.40. The molecule has 0 radical (unpaired) electrons. The largest absolute Gasteiger partial charge is 0.497 e. The molecule has 1 atom stereocenters. The Morgan fingerprint density at radius 1 is 1.12 bits per heavy atom. The predicted molar refractivity (Wildman–Crippen MR) is 123 cm³/mol. The fourth-order valence-electron chi connectivity index (χ4n) is 3.73. The van der Waals surface area contributed by atoms with Crippen molar-refractivity contribution in [2.45, 2.75) is 23.9 Å². The number of ether oxygens (including phenoxy) is 1. The van der Waals surface area contributed by atoms with Gasteiger partial charge in [-0.1, -0.05) is 30.3 Å². The van der Waals surface area contributed by atoms with Gasteiger partial charge in [0.2, 0.25) is 21.8 Å². The lowest BCUT2D eigenvalue weighted by Crippen LogP contribution is -2.41. The minimum Gasteiger partial charge on any atom is -0.497 e. The zero-order valence-corrected chi connectivity index (χ0v) is 18.6. The minimum absolute atomic E-state index is 0.00396. The summed E-state index contributed by atoms with van der Waals surface area (Å²) in [6.45, 7) is 0.0257. The number of sulfonamides is 1. The molecular formula is C23H22N4O5S. The summed E-state index contributed by atoms with van der Waals surface area (Å²) in [5, 5.41) is 4.98. The molecule has 3 aromatic carbocycles. The number of carbonyl (C=O) groups is 2. The molecular weight excluding hydrogens is 444 g/mol. The van der Waals surface area contributed by atoms with Crippen LogP contribution in [0, 0.1) is 0 Å². The van der Waals surface area contributed by atoms with Gasteiger partial charge in [0, 0.05) is 0 Å². The van der Waals surface area contributed by atoms with Gasteiger partial charge in [-0.2, -0.15) is 9.82 Å². The van der Waals surface area contributed by atoms with Crippen LogP contribution in [0.2, 0.25) is 0 Å². The molecule has 10 heteroatoms. The Kier molecular flexibility index (Phi) is 6.12. The Hall–Kier alpha value is -3.76. The molecule has 170 valence electrons. The summed E-state index contributed by atoms with van der Waals surface area (Å²) < 4.78 is 33.5. The molecule has 1 fully saturated rings. The number of nitrogens with zero attached hydrogens (tertiary/aromatic N) is 2. The van der Waals surface area contributed by atoms with Crippen LogP contribution in [0.4, 0.5) is 0 Å². The van der Waals surface area contributed by atoms with E-state index in [2.05, 4.69) is 9.82 Å². The van der Waals surface area contributed by atoms with Crippen molar-refractivity contribution in [1.82, 2.24) is 9.62 Å². The van der Waals surface area contributed by atoms with E-state index < -0.39 is 27.9 Å². The van der Waals surface area contributed by atoms with Crippen LogP contribution in [0.1, 0.15) is 17.5 Å². The van der Waals surface area contributed by atoms with Gasteiger partial charge in [-0.15, -0.1) is 0 Å². The smallest absolute Gasteiger partial charge is 0.248 e. The van der Waals surface area contributed by atoms with Crippen LogP contribution >= 0.6 is 0 Å². The first-order valence-electron chi connectivity index (χ1n) is 10.1. The van der Waals surface area contributed by atoms with Gasteiger partial charge in [0.1, 0.15) is 11.8 Å². The van der Waals surface area contributed by atoms with E-state index in [1.807, 2.05) is 6.07 Å². The number of hydrogen-bond donors (Lipinski definition) is 2. The van der Waals surface area contributed by atoms with Gasteiger partial charge in [-0.25, -0.2) is 8.42 Å². The Morgan fingerprint density at radius 2 is 1.91 bits per heavy atom. The normalized spacial score (nSPS) is 16.8. The average Bonchev–Trinajstić information content (AvgIpc) is 3.05. The molecule has 9 nitrogen and oxygen atoms in total. The molecule has 1 saturated heterocycles. The molecule has 4 rings (SSSR count). The standard InChI is InChI=1S/C23H22N4O5S/c1-32-19-7-5-17-6-8-20(11-18(17)10-19)33(30,31)26-21-12-22(28)27(23(21)29)14-16-4-2-3-15(9-16)13-25-24/h2-11,13,21,26H,12,14,24H2,1H3/t21-/m0/s1. The molecule has 0 bridgehead atoms. The molecule has 0 unspecified atom stereocenters. The SMILES string of the molecule is COc1ccc2ccc(S(=O)(=O)N[C@H]3CC(=O)N(Cc4cccc(C=NN)c4)C3=O)cc2c1. The van der Waals surface area contributed by atoms with E-state index in [9.17, 15) is 18.0 Å². The zero-order valence-electron chi connectivity index (χ0n) is 17.8. The van der Waals surface area contributed by atoms with Gasteiger partial charge in [0.25, 0.3) is 0 Å². The second-order valence-corrected chi connectivity index (χ2v) is 9.31. The summed E-state index contributed by atoms with van der Waals surface area (Å²) in [7, 11) is -2.52. The zero-order chi connectivity index (χ0) is 23.6. The van der Waals surface area contributed by atoms with Gasteiger partial charge < -0.3 is 10.6 Å². The number of nitrogens with one attached hydrogen (secondary N) is 1. The van der Waals surface area contributed by atoms with E-state index in [0.29, 0.717) is 16.7 Å². The Balaban J connectivity index is 1.53. The lowest BCUT2D eigenvalue weighted by molar-refractivity contribution is -0.139. The molecule has 1 aliphatic rings. The summed E-state index contributed by atoms with van der Waals surface area (Å²) >= 11 is 0. The molecule has 3 N–H and O–H groups in total. The number of hydrogen-bond acceptors (Lipinski definition) is 7. The maximum Gasteiger partial charge on any atom is 0.248 e. The number of nitrogens with two attached hydrogens (primary N) is 1. The van der Waals surface area contributed by atoms with Crippen molar-refractivity contribution in [3.05, 3.63) is 71.8 Å². The predicted octanol–water partition coefficient (Wildman–Crippen LogP) is 1.75. The fraction of sp³-hybridized carbons (Fsp3) is 0.174. The van der Waals surface area contributed by atoms with Crippen molar-refractivity contribution in [3.8, 4) is 5.75 Å². The number of fused-ring (bicyclic) bond motifs is 1. The highest BCUT2D eigenvalue weighted by atomic mass is 32.2. The number of imide groups is 1. The van der Waals surface area contributed by atoms with Crippen LogP contribution in [0.25, 0.3) is 10.8 Å². The average molecular weight is 467 g/mol. The Labute approximate surface area is 190 Å². The summed E-state index contributed by atoms with van der Waals surface area (Å²) in [6.07, 6.45) is 1.20. The van der Waals surface area contributed by atoms with Crippen LogP contribution in [0.3, 0.4) is 0 Å². The third-order valence-corrected chi connectivity index (χ3v) is 6.86. The minimum atomic E-state index is -4.04. The number of carbonyl (C=O) groups excluding carboxylic acids is 2. The molecule has 0 aromatic heterocycles. The van der Waals surface area contributed by atoms with Gasteiger partial charge in [0.05, 0.1) is 31.2 Å². The first-order valence-corrected chi connectivity index (χ1v) is 11.6. The molecule has 1 heterocycles. The maximum atomic E-state index is 13.0. The van der Waals surface area contributed by atoms with Crippen LogP contribution in [0.15, 0.2) is 70.7 Å². The van der Waals surface area contributed by atoms with Crippen LogP contribution in [-0.4, -0.2) is 44.5 Å². The topological polar surface area (TPSA) is 131 Å². The highest BCUT2D eigenvalue weighted by molar-refractivity contribution is 7.89.